The van der Waals surface area contributed by atoms with Crippen LogP contribution < -0.4 is 5.32 Å². The fourth-order valence-corrected chi connectivity index (χ4v) is 1.87. The van der Waals surface area contributed by atoms with Crippen LogP contribution in [0.4, 0.5) is 4.39 Å². The molecule has 0 unspecified atom stereocenters. The van der Waals surface area contributed by atoms with Gasteiger partial charge in [-0.1, -0.05) is 26.7 Å². The molecule has 106 valence electrons. The second-order valence-electron chi connectivity index (χ2n) is 5.18. The maximum absolute atomic E-state index is 13.5. The zero-order chi connectivity index (χ0) is 14.3. The van der Waals surface area contributed by atoms with Crippen LogP contribution in [0, 0.1) is 11.7 Å². The summed E-state index contributed by atoms with van der Waals surface area (Å²) in [4.78, 5) is 10.8. The standard InChI is InChI=1S/C15H22FNO2/c1-11(2)5-3-4-8-17-10-13-9-12(15(18)19)6-7-14(13)16/h6-7,9,11,17H,3-5,8,10H2,1-2H3,(H,18,19). The van der Waals surface area contributed by atoms with E-state index in [0.717, 1.165) is 19.4 Å². The van der Waals surface area contributed by atoms with E-state index in [1.54, 1.807) is 0 Å². The molecular formula is C15H22FNO2. The van der Waals surface area contributed by atoms with Crippen LogP contribution >= 0.6 is 0 Å². The minimum Gasteiger partial charge on any atom is -0.478 e. The second kappa shape index (κ2) is 7.89. The zero-order valence-electron chi connectivity index (χ0n) is 11.6. The first-order valence-electron chi connectivity index (χ1n) is 6.73. The van der Waals surface area contributed by atoms with Crippen molar-refractivity contribution in [2.24, 2.45) is 5.92 Å². The number of hydrogen-bond acceptors (Lipinski definition) is 2. The summed E-state index contributed by atoms with van der Waals surface area (Å²) in [6.07, 6.45) is 3.41. The molecule has 0 aliphatic carbocycles. The van der Waals surface area contributed by atoms with Gasteiger partial charge in [0.25, 0.3) is 0 Å². The number of carboxylic acids is 1. The fraction of sp³-hybridized carbons (Fsp3) is 0.533. The molecule has 0 saturated heterocycles. The number of rotatable bonds is 8. The van der Waals surface area contributed by atoms with Crippen LogP contribution in [-0.2, 0) is 6.54 Å². The van der Waals surface area contributed by atoms with Crippen LogP contribution in [0.15, 0.2) is 18.2 Å². The number of aromatic carboxylic acids is 1. The van der Waals surface area contributed by atoms with Crippen LogP contribution in [-0.4, -0.2) is 17.6 Å². The summed E-state index contributed by atoms with van der Waals surface area (Å²) in [6.45, 7) is 5.58. The van der Waals surface area contributed by atoms with Crippen LogP contribution in [0.1, 0.15) is 49.0 Å². The Bertz CT molecular complexity index is 419. The molecule has 3 nitrogen and oxygen atoms in total. The van der Waals surface area contributed by atoms with E-state index in [-0.39, 0.29) is 11.4 Å². The molecule has 0 heterocycles. The minimum absolute atomic E-state index is 0.123. The van der Waals surface area contributed by atoms with Gasteiger partial charge in [0.1, 0.15) is 5.82 Å². The summed E-state index contributed by atoms with van der Waals surface area (Å²) in [5, 5.41) is 12.0. The Hall–Kier alpha value is -1.42. The maximum atomic E-state index is 13.5. The van der Waals surface area contributed by atoms with Crippen molar-refractivity contribution in [3.8, 4) is 0 Å². The van der Waals surface area contributed by atoms with E-state index in [1.165, 1.54) is 24.6 Å². The smallest absolute Gasteiger partial charge is 0.335 e. The molecule has 0 amide bonds. The molecule has 1 rings (SSSR count). The average Bonchev–Trinajstić information content (AvgIpc) is 2.34. The van der Waals surface area contributed by atoms with Crippen molar-refractivity contribution in [1.82, 2.24) is 5.32 Å². The van der Waals surface area contributed by atoms with Crippen molar-refractivity contribution < 1.29 is 14.3 Å². The van der Waals surface area contributed by atoms with E-state index in [0.29, 0.717) is 18.0 Å². The molecule has 1 aromatic rings. The predicted octanol–water partition coefficient (Wildman–Crippen LogP) is 3.44. The molecule has 4 heteroatoms. The summed E-state index contributed by atoms with van der Waals surface area (Å²) < 4.78 is 13.5. The molecule has 19 heavy (non-hydrogen) atoms. The highest BCUT2D eigenvalue weighted by atomic mass is 19.1. The lowest BCUT2D eigenvalue weighted by Gasteiger charge is -2.08. The maximum Gasteiger partial charge on any atom is 0.335 e. The molecule has 0 spiro atoms. The van der Waals surface area contributed by atoms with Crippen molar-refractivity contribution >= 4 is 5.97 Å². The largest absolute Gasteiger partial charge is 0.478 e. The van der Waals surface area contributed by atoms with E-state index in [2.05, 4.69) is 19.2 Å². The Balaban J connectivity index is 2.36. The van der Waals surface area contributed by atoms with Gasteiger partial charge >= 0.3 is 5.97 Å². The van der Waals surface area contributed by atoms with Gasteiger partial charge in [0.05, 0.1) is 5.56 Å². The van der Waals surface area contributed by atoms with E-state index in [9.17, 15) is 9.18 Å². The zero-order valence-corrected chi connectivity index (χ0v) is 11.6. The lowest BCUT2D eigenvalue weighted by atomic mass is 10.1. The van der Waals surface area contributed by atoms with E-state index >= 15 is 0 Å². The third kappa shape index (κ3) is 5.83. The van der Waals surface area contributed by atoms with Gasteiger partial charge in [-0.05, 0) is 37.1 Å². The Morgan fingerprint density at radius 2 is 2.11 bits per heavy atom. The number of unbranched alkanes of at least 4 members (excludes halogenated alkanes) is 1. The molecule has 0 atom stereocenters. The molecule has 0 radical (unpaired) electrons. The van der Waals surface area contributed by atoms with Gasteiger partial charge in [0.2, 0.25) is 0 Å². The van der Waals surface area contributed by atoms with Crippen LogP contribution in [0.25, 0.3) is 0 Å². The first-order valence-corrected chi connectivity index (χ1v) is 6.73. The minimum atomic E-state index is -1.03. The average molecular weight is 267 g/mol. The van der Waals surface area contributed by atoms with Crippen molar-refractivity contribution in [1.29, 1.82) is 0 Å². The van der Waals surface area contributed by atoms with Gasteiger partial charge in [-0.3, -0.25) is 0 Å². The van der Waals surface area contributed by atoms with E-state index in [1.807, 2.05) is 0 Å². The molecule has 0 fully saturated rings. The second-order valence-corrected chi connectivity index (χ2v) is 5.18. The van der Waals surface area contributed by atoms with Gasteiger partial charge in [-0.15, -0.1) is 0 Å². The number of halogens is 1. The van der Waals surface area contributed by atoms with Crippen LogP contribution in [0.5, 0.6) is 0 Å². The summed E-state index contributed by atoms with van der Waals surface area (Å²) in [7, 11) is 0. The Labute approximate surface area is 113 Å². The third-order valence-corrected chi connectivity index (χ3v) is 2.99. The van der Waals surface area contributed by atoms with Crippen LogP contribution in [0.2, 0.25) is 0 Å². The lowest BCUT2D eigenvalue weighted by Crippen LogP contribution is -2.16. The predicted molar refractivity (Wildman–Crippen MR) is 73.8 cm³/mol. The number of nitrogens with one attached hydrogen (secondary N) is 1. The highest BCUT2D eigenvalue weighted by Crippen LogP contribution is 2.11. The number of hydrogen-bond donors (Lipinski definition) is 2. The molecule has 0 aliphatic rings. The summed E-state index contributed by atoms with van der Waals surface area (Å²) in [6, 6.07) is 3.88. The Kier molecular flexibility index (Phi) is 6.50. The Morgan fingerprint density at radius 1 is 1.37 bits per heavy atom. The number of benzene rings is 1. The summed E-state index contributed by atoms with van der Waals surface area (Å²) >= 11 is 0. The Morgan fingerprint density at radius 3 is 2.74 bits per heavy atom. The topological polar surface area (TPSA) is 49.3 Å². The lowest BCUT2D eigenvalue weighted by molar-refractivity contribution is 0.0696. The van der Waals surface area contributed by atoms with E-state index in [4.69, 9.17) is 5.11 Å². The monoisotopic (exact) mass is 267 g/mol. The molecule has 0 aliphatic heterocycles. The third-order valence-electron chi connectivity index (χ3n) is 2.99. The molecule has 0 bridgehead atoms. The molecular weight excluding hydrogens is 245 g/mol. The number of carboxylic acid groups (broad SMARTS) is 1. The highest BCUT2D eigenvalue weighted by molar-refractivity contribution is 5.87. The summed E-state index contributed by atoms with van der Waals surface area (Å²) in [5.41, 5.74) is 0.529. The molecule has 2 N–H and O–H groups in total. The van der Waals surface area contributed by atoms with Gasteiger partial charge in [-0.25, -0.2) is 9.18 Å². The van der Waals surface area contributed by atoms with Gasteiger partial charge < -0.3 is 10.4 Å². The van der Waals surface area contributed by atoms with E-state index < -0.39 is 5.97 Å². The normalized spacial score (nSPS) is 10.9. The first-order chi connectivity index (χ1) is 9.00. The molecule has 0 aromatic heterocycles. The molecule has 1 aromatic carbocycles. The number of carbonyl (C=O) groups is 1. The summed E-state index contributed by atoms with van der Waals surface area (Å²) in [5.74, 6) is -0.678. The van der Waals surface area contributed by atoms with Gasteiger partial charge in [0, 0.05) is 12.1 Å². The van der Waals surface area contributed by atoms with Crippen molar-refractivity contribution in [2.75, 3.05) is 6.54 Å². The first kappa shape index (κ1) is 15.6. The van der Waals surface area contributed by atoms with Crippen molar-refractivity contribution in [3.05, 3.63) is 35.1 Å². The van der Waals surface area contributed by atoms with Crippen molar-refractivity contribution in [2.45, 2.75) is 39.7 Å². The van der Waals surface area contributed by atoms with Gasteiger partial charge in [0.15, 0.2) is 0 Å². The SMILES string of the molecule is CC(C)CCCCNCc1cc(C(=O)O)ccc1F. The van der Waals surface area contributed by atoms with Gasteiger partial charge in [-0.2, -0.15) is 0 Å². The van der Waals surface area contributed by atoms with Crippen LogP contribution in [0.3, 0.4) is 0 Å². The molecule has 0 saturated carbocycles. The fourth-order valence-electron chi connectivity index (χ4n) is 1.87. The highest BCUT2D eigenvalue weighted by Gasteiger charge is 2.07. The van der Waals surface area contributed by atoms with Crippen molar-refractivity contribution in [3.63, 3.8) is 0 Å². The quantitative estimate of drug-likeness (QED) is 0.709.